The Balaban J connectivity index is 1.42. The number of nitrogens with zero attached hydrogens (tertiary/aromatic N) is 2. The molecule has 208 valence electrons. The monoisotopic (exact) mass is 545 g/mol. The summed E-state index contributed by atoms with van der Waals surface area (Å²) in [4.78, 5) is 18.7. The maximum absolute atomic E-state index is 14.1. The molecule has 3 aliphatic rings. The molecule has 0 unspecified atom stereocenters. The lowest BCUT2D eigenvalue weighted by Crippen LogP contribution is -2.57. The third-order valence-electron chi connectivity index (χ3n) is 8.78. The summed E-state index contributed by atoms with van der Waals surface area (Å²) in [7, 11) is 1.61. The van der Waals surface area contributed by atoms with Crippen molar-refractivity contribution in [2.45, 2.75) is 57.0 Å². The van der Waals surface area contributed by atoms with E-state index >= 15 is 0 Å². The number of carboxylic acids is 1. The lowest BCUT2D eigenvalue weighted by molar-refractivity contribution is -0.186. The number of aryl methyl sites for hydroxylation is 1. The molecule has 3 aromatic rings. The number of alkyl halides is 4. The average molecular weight is 546 g/mol. The molecule has 1 saturated carbocycles. The Bertz CT molecular complexity index is 1440. The normalized spacial score (nSPS) is 23.4. The van der Waals surface area contributed by atoms with Gasteiger partial charge in [-0.25, -0.2) is 22.4 Å². The first-order valence-electron chi connectivity index (χ1n) is 13.1. The van der Waals surface area contributed by atoms with Crippen molar-refractivity contribution in [2.75, 3.05) is 31.6 Å². The number of benzene rings is 2. The Morgan fingerprint density at radius 3 is 2.51 bits per heavy atom. The Labute approximate surface area is 223 Å². The van der Waals surface area contributed by atoms with Gasteiger partial charge in [0.2, 0.25) is 5.92 Å². The van der Waals surface area contributed by atoms with E-state index in [4.69, 9.17) is 4.74 Å². The van der Waals surface area contributed by atoms with Crippen LogP contribution in [0.4, 0.5) is 23.2 Å². The summed E-state index contributed by atoms with van der Waals surface area (Å²) < 4.78 is 61.8. The van der Waals surface area contributed by atoms with Crippen LogP contribution in [0.1, 0.15) is 58.8 Å². The standard InChI is InChI=1S/C29H31F4N3O3/c1-17-9-24(39-2)21(19-5-7-34-25(17)19)12-35-8-6-27(13-28(30,31)14-27)11-23(35)20-4-3-18(26(37)38)10-22(20)36-15-29(32,33)16-36/h3-5,7,9-10,23,34H,6,8,11-16H2,1-2H3,(H,37,38)/t23-/m0/s1. The molecule has 1 spiro atoms. The van der Waals surface area contributed by atoms with E-state index in [2.05, 4.69) is 9.88 Å². The Morgan fingerprint density at radius 2 is 1.87 bits per heavy atom. The molecule has 0 amide bonds. The van der Waals surface area contributed by atoms with E-state index in [1.54, 1.807) is 13.2 Å². The van der Waals surface area contributed by atoms with E-state index in [-0.39, 0.29) is 24.4 Å². The van der Waals surface area contributed by atoms with Crippen LogP contribution in [-0.4, -0.2) is 59.5 Å². The fraction of sp³-hybridized carbons (Fsp3) is 0.483. The number of piperidine rings is 1. The fourth-order valence-electron chi connectivity index (χ4n) is 6.94. The van der Waals surface area contributed by atoms with Crippen LogP contribution >= 0.6 is 0 Å². The molecular formula is C29H31F4N3O3. The first-order valence-corrected chi connectivity index (χ1v) is 13.1. The molecule has 3 heterocycles. The number of fused-ring (bicyclic) bond motifs is 1. The average Bonchev–Trinajstić information content (AvgIpc) is 3.34. The Kier molecular flexibility index (Phi) is 5.91. The molecule has 6 rings (SSSR count). The SMILES string of the molecule is COc1cc(C)c2[nH]ccc2c1CN1CCC2(C[C@H]1c1ccc(C(=O)O)cc1N1CC(F)(F)C1)CC(F)(F)C2. The predicted molar refractivity (Wildman–Crippen MR) is 139 cm³/mol. The summed E-state index contributed by atoms with van der Waals surface area (Å²) in [6.45, 7) is 1.99. The highest BCUT2D eigenvalue weighted by Crippen LogP contribution is 2.61. The van der Waals surface area contributed by atoms with Crippen molar-refractivity contribution in [3.8, 4) is 5.75 Å². The lowest BCUT2D eigenvalue weighted by atomic mass is 9.58. The van der Waals surface area contributed by atoms with E-state index < -0.39 is 36.3 Å². The van der Waals surface area contributed by atoms with E-state index in [1.807, 2.05) is 25.3 Å². The van der Waals surface area contributed by atoms with Crippen LogP contribution < -0.4 is 9.64 Å². The van der Waals surface area contributed by atoms with Gasteiger partial charge in [-0.2, -0.15) is 0 Å². The van der Waals surface area contributed by atoms with Crippen LogP contribution in [0, 0.1) is 12.3 Å². The number of carbonyl (C=O) groups is 1. The third-order valence-corrected chi connectivity index (χ3v) is 8.78. The highest BCUT2D eigenvalue weighted by atomic mass is 19.3. The van der Waals surface area contributed by atoms with Crippen molar-refractivity contribution < 1.29 is 32.2 Å². The molecule has 2 N–H and O–H groups in total. The van der Waals surface area contributed by atoms with Crippen LogP contribution in [0.25, 0.3) is 10.9 Å². The number of halogens is 4. The minimum atomic E-state index is -2.85. The maximum atomic E-state index is 14.1. The second kappa shape index (κ2) is 8.87. The highest BCUT2D eigenvalue weighted by molar-refractivity contribution is 5.90. The number of rotatable bonds is 6. The highest BCUT2D eigenvalue weighted by Gasteiger charge is 2.58. The van der Waals surface area contributed by atoms with Crippen LogP contribution in [0.15, 0.2) is 36.5 Å². The van der Waals surface area contributed by atoms with E-state index in [0.29, 0.717) is 37.2 Å². The van der Waals surface area contributed by atoms with Crippen LogP contribution in [0.5, 0.6) is 5.75 Å². The van der Waals surface area contributed by atoms with Crippen molar-refractivity contribution in [1.82, 2.24) is 9.88 Å². The topological polar surface area (TPSA) is 68.8 Å². The molecule has 2 aliphatic heterocycles. The molecule has 6 nitrogen and oxygen atoms in total. The Hall–Kier alpha value is -3.27. The first kappa shape index (κ1) is 26.0. The first-order chi connectivity index (χ1) is 18.4. The van der Waals surface area contributed by atoms with Gasteiger partial charge in [0.05, 0.1) is 25.8 Å². The second-order valence-corrected chi connectivity index (χ2v) is 11.6. The van der Waals surface area contributed by atoms with Gasteiger partial charge in [-0.1, -0.05) is 6.07 Å². The molecule has 0 radical (unpaired) electrons. The maximum Gasteiger partial charge on any atom is 0.335 e. The molecule has 1 aliphatic carbocycles. The van der Waals surface area contributed by atoms with Gasteiger partial charge in [0, 0.05) is 53.8 Å². The summed E-state index contributed by atoms with van der Waals surface area (Å²) >= 11 is 0. The van der Waals surface area contributed by atoms with E-state index in [0.717, 1.165) is 27.8 Å². The molecule has 10 heteroatoms. The summed E-state index contributed by atoms with van der Waals surface area (Å²) in [5.74, 6) is -5.97. The summed E-state index contributed by atoms with van der Waals surface area (Å²) in [6, 6.07) is 8.20. The van der Waals surface area contributed by atoms with Crippen LogP contribution in [0.3, 0.4) is 0 Å². The number of nitrogens with one attached hydrogen (secondary N) is 1. The predicted octanol–water partition coefficient (Wildman–Crippen LogP) is 6.39. The minimum Gasteiger partial charge on any atom is -0.496 e. The van der Waals surface area contributed by atoms with E-state index in [1.165, 1.54) is 17.0 Å². The summed E-state index contributed by atoms with van der Waals surface area (Å²) in [5.41, 5.74) is 3.58. The summed E-state index contributed by atoms with van der Waals surface area (Å²) in [6.07, 6.45) is 2.53. The van der Waals surface area contributed by atoms with Crippen molar-refractivity contribution >= 4 is 22.6 Å². The Morgan fingerprint density at radius 1 is 1.13 bits per heavy atom. The zero-order valence-corrected chi connectivity index (χ0v) is 21.9. The number of aromatic amines is 1. The van der Waals surface area contributed by atoms with Gasteiger partial charge in [-0.15, -0.1) is 0 Å². The molecule has 1 aromatic heterocycles. The molecule has 2 saturated heterocycles. The van der Waals surface area contributed by atoms with Crippen LogP contribution in [-0.2, 0) is 6.54 Å². The quantitative estimate of drug-likeness (QED) is 0.352. The zero-order valence-electron chi connectivity index (χ0n) is 21.9. The van der Waals surface area contributed by atoms with Gasteiger partial charge >= 0.3 is 5.97 Å². The number of likely N-dealkylation sites (tertiary alicyclic amines) is 1. The molecule has 0 bridgehead atoms. The molecular weight excluding hydrogens is 514 g/mol. The smallest absolute Gasteiger partial charge is 0.335 e. The molecule has 39 heavy (non-hydrogen) atoms. The second-order valence-electron chi connectivity index (χ2n) is 11.6. The number of hydrogen-bond acceptors (Lipinski definition) is 4. The fourth-order valence-corrected chi connectivity index (χ4v) is 6.94. The number of hydrogen-bond donors (Lipinski definition) is 2. The van der Waals surface area contributed by atoms with Gasteiger partial charge in [-0.3, -0.25) is 4.90 Å². The lowest BCUT2D eigenvalue weighted by Gasteiger charge is -2.55. The van der Waals surface area contributed by atoms with Gasteiger partial charge in [0.15, 0.2) is 0 Å². The largest absolute Gasteiger partial charge is 0.496 e. The number of ether oxygens (including phenoxy) is 1. The number of aromatic carboxylic acids is 1. The molecule has 2 aromatic carbocycles. The number of anilines is 1. The van der Waals surface area contributed by atoms with Gasteiger partial charge in [0.25, 0.3) is 5.92 Å². The van der Waals surface area contributed by atoms with Crippen molar-refractivity contribution in [2.24, 2.45) is 5.41 Å². The minimum absolute atomic E-state index is 0.00505. The van der Waals surface area contributed by atoms with Gasteiger partial charge < -0.3 is 19.7 Å². The zero-order chi connectivity index (χ0) is 27.7. The number of methoxy groups -OCH3 is 1. The molecule has 3 fully saturated rings. The van der Waals surface area contributed by atoms with Gasteiger partial charge in [-0.05, 0) is 67.1 Å². The molecule has 1 atom stereocenters. The summed E-state index contributed by atoms with van der Waals surface area (Å²) in [5, 5.41) is 10.6. The van der Waals surface area contributed by atoms with E-state index in [9.17, 15) is 27.5 Å². The number of H-pyrrole nitrogens is 1. The van der Waals surface area contributed by atoms with Crippen LogP contribution in [0.2, 0.25) is 0 Å². The van der Waals surface area contributed by atoms with Crippen molar-refractivity contribution in [3.63, 3.8) is 0 Å². The van der Waals surface area contributed by atoms with Crippen molar-refractivity contribution in [3.05, 3.63) is 58.8 Å². The van der Waals surface area contributed by atoms with Crippen molar-refractivity contribution in [1.29, 1.82) is 0 Å². The third kappa shape index (κ3) is 4.52. The number of carboxylic acid groups (broad SMARTS) is 1. The van der Waals surface area contributed by atoms with Gasteiger partial charge in [0.1, 0.15) is 5.75 Å². The number of aromatic nitrogens is 1.